The molecule has 1 amide bonds. The average molecular weight is 299 g/mol. The largest absolute Gasteiger partial charge is 0.466 e. The van der Waals surface area contributed by atoms with E-state index in [0.29, 0.717) is 19.7 Å². The van der Waals surface area contributed by atoms with Gasteiger partial charge in [0.1, 0.15) is 5.60 Å². The Morgan fingerprint density at radius 2 is 2.05 bits per heavy atom. The van der Waals surface area contributed by atoms with E-state index in [-0.39, 0.29) is 12.2 Å². The van der Waals surface area contributed by atoms with E-state index in [1.165, 1.54) is 13.2 Å². The van der Waals surface area contributed by atoms with Gasteiger partial charge >= 0.3 is 12.1 Å². The van der Waals surface area contributed by atoms with Gasteiger partial charge in [0.05, 0.1) is 26.4 Å². The van der Waals surface area contributed by atoms with Gasteiger partial charge in [-0.15, -0.1) is 0 Å². The zero-order chi connectivity index (χ0) is 15.9. The first-order valence-electron chi connectivity index (χ1n) is 7.16. The van der Waals surface area contributed by atoms with Crippen LogP contribution in [0.25, 0.3) is 0 Å². The minimum atomic E-state index is -0.492. The molecule has 0 bridgehead atoms. The molecule has 1 heterocycles. The Morgan fingerprint density at radius 1 is 1.33 bits per heavy atom. The molecule has 120 valence electrons. The molecule has 0 N–H and O–H groups in total. The number of hydrogen-bond acceptors (Lipinski definition) is 5. The fraction of sp³-hybridized carbons (Fsp3) is 0.733. The number of carbonyl (C=O) groups excluding carboxylic acids is 2. The summed E-state index contributed by atoms with van der Waals surface area (Å²) in [4.78, 5) is 24.6. The lowest BCUT2D eigenvalue weighted by Gasteiger charge is -2.33. The SMILES string of the molecule is COC(=O)C=CCOC1CCCN(C(=O)OC(C)(C)C)C1. The standard InChI is InChI=1S/C15H25NO5/c1-15(2,3)21-14(18)16-9-5-7-12(11-16)20-10-6-8-13(17)19-4/h6,8,12H,5,7,9-11H2,1-4H3. The molecule has 21 heavy (non-hydrogen) atoms. The predicted molar refractivity (Wildman–Crippen MR) is 77.9 cm³/mol. The molecule has 0 aromatic heterocycles. The zero-order valence-corrected chi connectivity index (χ0v) is 13.3. The summed E-state index contributed by atoms with van der Waals surface area (Å²) in [7, 11) is 1.33. The molecular formula is C15H25NO5. The summed E-state index contributed by atoms with van der Waals surface area (Å²) < 4.78 is 15.5. The summed E-state index contributed by atoms with van der Waals surface area (Å²) in [6, 6.07) is 0. The molecule has 0 radical (unpaired) electrons. The molecule has 6 heteroatoms. The molecule has 0 aromatic rings. The summed E-state index contributed by atoms with van der Waals surface area (Å²) >= 11 is 0. The normalized spacial score (nSPS) is 19.6. The second-order valence-corrected chi connectivity index (χ2v) is 5.95. The van der Waals surface area contributed by atoms with Gasteiger partial charge in [0.2, 0.25) is 0 Å². The first-order chi connectivity index (χ1) is 9.81. The summed E-state index contributed by atoms with van der Waals surface area (Å²) in [6.07, 6.45) is 4.37. The molecule has 1 rings (SSSR count). The molecule has 1 fully saturated rings. The van der Waals surface area contributed by atoms with Crippen molar-refractivity contribution in [2.75, 3.05) is 26.8 Å². The van der Waals surface area contributed by atoms with Crippen molar-refractivity contribution in [3.63, 3.8) is 0 Å². The first kappa shape index (κ1) is 17.5. The van der Waals surface area contributed by atoms with E-state index in [4.69, 9.17) is 9.47 Å². The number of carbonyl (C=O) groups is 2. The Bertz CT molecular complexity index is 386. The second-order valence-electron chi connectivity index (χ2n) is 5.95. The first-order valence-corrected chi connectivity index (χ1v) is 7.16. The number of esters is 1. The summed E-state index contributed by atoms with van der Waals surface area (Å²) in [5.41, 5.74) is -0.492. The molecule has 0 spiro atoms. The minimum Gasteiger partial charge on any atom is -0.466 e. The van der Waals surface area contributed by atoms with E-state index < -0.39 is 11.6 Å². The third-order valence-corrected chi connectivity index (χ3v) is 2.91. The lowest BCUT2D eigenvalue weighted by molar-refractivity contribution is -0.134. The predicted octanol–water partition coefficient (Wildman–Crippen LogP) is 2.13. The minimum absolute atomic E-state index is 0.0337. The van der Waals surface area contributed by atoms with Gasteiger partial charge in [0.15, 0.2) is 0 Å². The number of hydrogen-bond donors (Lipinski definition) is 0. The Hall–Kier alpha value is -1.56. The van der Waals surface area contributed by atoms with Gasteiger partial charge < -0.3 is 19.1 Å². The fourth-order valence-electron chi connectivity index (χ4n) is 1.97. The van der Waals surface area contributed by atoms with Crippen LogP contribution in [0.3, 0.4) is 0 Å². The average Bonchev–Trinajstić information content (AvgIpc) is 2.41. The molecule has 1 unspecified atom stereocenters. The van der Waals surface area contributed by atoms with Crippen LogP contribution in [0.4, 0.5) is 4.79 Å². The van der Waals surface area contributed by atoms with E-state index in [0.717, 1.165) is 12.8 Å². The number of methoxy groups -OCH3 is 1. The molecule has 1 saturated heterocycles. The van der Waals surface area contributed by atoms with Crippen LogP contribution < -0.4 is 0 Å². The summed E-state index contributed by atoms with van der Waals surface area (Å²) in [6.45, 7) is 7.07. The van der Waals surface area contributed by atoms with Crippen LogP contribution in [0.15, 0.2) is 12.2 Å². The third kappa shape index (κ3) is 7.13. The van der Waals surface area contributed by atoms with E-state index >= 15 is 0 Å². The van der Waals surface area contributed by atoms with Crippen molar-refractivity contribution in [3.05, 3.63) is 12.2 Å². The Labute approximate surface area is 126 Å². The number of likely N-dealkylation sites (tertiary alicyclic amines) is 1. The molecule has 1 atom stereocenters. The summed E-state index contributed by atoms with van der Waals surface area (Å²) in [5, 5.41) is 0. The molecule has 0 aromatic carbocycles. The van der Waals surface area contributed by atoms with Crippen LogP contribution in [0, 0.1) is 0 Å². The Balaban J connectivity index is 2.37. The van der Waals surface area contributed by atoms with Crippen LogP contribution in [0.2, 0.25) is 0 Å². The van der Waals surface area contributed by atoms with Crippen molar-refractivity contribution in [3.8, 4) is 0 Å². The highest BCUT2D eigenvalue weighted by molar-refractivity contribution is 5.81. The van der Waals surface area contributed by atoms with Gasteiger partial charge in [-0.05, 0) is 33.6 Å². The van der Waals surface area contributed by atoms with Gasteiger partial charge in [-0.1, -0.05) is 6.08 Å². The smallest absolute Gasteiger partial charge is 0.410 e. The number of piperidine rings is 1. The molecule has 1 aliphatic heterocycles. The zero-order valence-electron chi connectivity index (χ0n) is 13.3. The molecular weight excluding hydrogens is 274 g/mol. The quantitative estimate of drug-likeness (QED) is 0.588. The Morgan fingerprint density at radius 3 is 2.67 bits per heavy atom. The van der Waals surface area contributed by atoms with Crippen LogP contribution in [-0.2, 0) is 19.0 Å². The third-order valence-electron chi connectivity index (χ3n) is 2.91. The van der Waals surface area contributed by atoms with Crippen LogP contribution in [0.5, 0.6) is 0 Å². The molecule has 0 saturated carbocycles. The lowest BCUT2D eigenvalue weighted by Crippen LogP contribution is -2.45. The van der Waals surface area contributed by atoms with Crippen molar-refractivity contribution in [1.82, 2.24) is 4.90 Å². The maximum atomic E-state index is 12.0. The molecule has 0 aliphatic carbocycles. The van der Waals surface area contributed by atoms with Gasteiger partial charge in [0, 0.05) is 12.6 Å². The van der Waals surface area contributed by atoms with E-state index in [1.807, 2.05) is 20.8 Å². The van der Waals surface area contributed by atoms with Crippen LogP contribution >= 0.6 is 0 Å². The maximum Gasteiger partial charge on any atom is 0.410 e. The number of amides is 1. The lowest BCUT2D eigenvalue weighted by atomic mass is 10.1. The number of nitrogens with zero attached hydrogens (tertiary/aromatic N) is 1. The highest BCUT2D eigenvalue weighted by Gasteiger charge is 2.27. The molecule has 6 nitrogen and oxygen atoms in total. The van der Waals surface area contributed by atoms with Gasteiger partial charge in [0.25, 0.3) is 0 Å². The highest BCUT2D eigenvalue weighted by Crippen LogP contribution is 2.17. The van der Waals surface area contributed by atoms with Gasteiger partial charge in [-0.2, -0.15) is 0 Å². The highest BCUT2D eigenvalue weighted by atomic mass is 16.6. The van der Waals surface area contributed by atoms with Crippen LogP contribution in [0.1, 0.15) is 33.6 Å². The fourth-order valence-corrected chi connectivity index (χ4v) is 1.97. The van der Waals surface area contributed by atoms with Crippen LogP contribution in [-0.4, -0.2) is 55.5 Å². The summed E-state index contributed by atoms with van der Waals surface area (Å²) in [5.74, 6) is -0.405. The van der Waals surface area contributed by atoms with Crippen molar-refractivity contribution in [2.45, 2.75) is 45.3 Å². The van der Waals surface area contributed by atoms with Crippen molar-refractivity contribution in [2.24, 2.45) is 0 Å². The van der Waals surface area contributed by atoms with Crippen molar-refractivity contribution >= 4 is 12.1 Å². The maximum absolute atomic E-state index is 12.0. The van der Waals surface area contributed by atoms with E-state index in [9.17, 15) is 9.59 Å². The Kier molecular flexibility index (Phi) is 6.68. The monoisotopic (exact) mass is 299 g/mol. The van der Waals surface area contributed by atoms with E-state index in [2.05, 4.69) is 4.74 Å². The number of ether oxygens (including phenoxy) is 3. The van der Waals surface area contributed by atoms with Gasteiger partial charge in [-0.3, -0.25) is 0 Å². The second kappa shape index (κ2) is 8.02. The van der Waals surface area contributed by atoms with E-state index in [1.54, 1.807) is 11.0 Å². The van der Waals surface area contributed by atoms with Crippen molar-refractivity contribution < 1.29 is 23.8 Å². The van der Waals surface area contributed by atoms with Gasteiger partial charge in [-0.25, -0.2) is 9.59 Å². The number of rotatable bonds is 4. The topological polar surface area (TPSA) is 65.1 Å². The van der Waals surface area contributed by atoms with Crippen molar-refractivity contribution in [1.29, 1.82) is 0 Å². The molecule has 1 aliphatic rings.